The second kappa shape index (κ2) is 8.90. The minimum absolute atomic E-state index is 0.0496. The lowest BCUT2D eigenvalue weighted by Crippen LogP contribution is -2.40. The molecule has 1 unspecified atom stereocenters. The van der Waals surface area contributed by atoms with Crippen molar-refractivity contribution < 1.29 is 9.21 Å². The van der Waals surface area contributed by atoms with E-state index in [-0.39, 0.29) is 11.9 Å². The molecule has 0 bridgehead atoms. The number of aromatic nitrogens is 1. The Morgan fingerprint density at radius 1 is 1.21 bits per heavy atom. The number of rotatable bonds is 6. The number of hydrogen-bond donors (Lipinski definition) is 1. The summed E-state index contributed by atoms with van der Waals surface area (Å²) in [6.45, 7) is 2.55. The molecular weight excluding hydrogens is 394 g/mol. The number of hydrogen-bond acceptors (Lipinski definition) is 5. The third-order valence-electron chi connectivity index (χ3n) is 4.99. The number of carbonyl (C=O) groups excluding carboxylic acids is 1. The number of benzene rings is 1. The molecule has 0 aliphatic carbocycles. The van der Waals surface area contributed by atoms with E-state index in [4.69, 9.17) is 16.0 Å². The Balaban J connectivity index is 1.43. The molecule has 3 heterocycles. The van der Waals surface area contributed by atoms with Crippen molar-refractivity contribution in [2.75, 3.05) is 19.6 Å². The van der Waals surface area contributed by atoms with Gasteiger partial charge in [-0.2, -0.15) is 0 Å². The average Bonchev–Trinajstić information content (AvgIpc) is 3.42. The summed E-state index contributed by atoms with van der Waals surface area (Å²) in [5, 5.41) is 6.32. The quantitative estimate of drug-likeness (QED) is 0.614. The van der Waals surface area contributed by atoms with E-state index < -0.39 is 0 Å². The lowest BCUT2D eigenvalue weighted by Gasteiger charge is -2.33. The number of likely N-dealkylation sites (tertiary alicyclic amines) is 1. The summed E-state index contributed by atoms with van der Waals surface area (Å²) >= 11 is 7.39. The number of carbonyl (C=O) groups is 1. The van der Waals surface area contributed by atoms with Crippen LogP contribution in [0.15, 0.2) is 52.5 Å². The molecule has 1 saturated heterocycles. The van der Waals surface area contributed by atoms with Gasteiger partial charge in [0.15, 0.2) is 0 Å². The van der Waals surface area contributed by atoms with E-state index >= 15 is 0 Å². The van der Waals surface area contributed by atoms with Crippen molar-refractivity contribution in [3.05, 3.63) is 64.5 Å². The molecule has 1 N–H and O–H groups in total. The van der Waals surface area contributed by atoms with Crippen LogP contribution in [0.5, 0.6) is 0 Å². The highest BCUT2D eigenvalue weighted by molar-refractivity contribution is 7.13. The van der Waals surface area contributed by atoms with Gasteiger partial charge in [-0.25, -0.2) is 4.98 Å². The molecule has 7 heteroatoms. The molecular formula is C21H22ClN3O2S. The van der Waals surface area contributed by atoms with Crippen LogP contribution < -0.4 is 5.32 Å². The lowest BCUT2D eigenvalue weighted by molar-refractivity contribution is 0.0910. The fraction of sp³-hybridized carbons (Fsp3) is 0.333. The Labute approximate surface area is 173 Å². The fourth-order valence-corrected chi connectivity index (χ4v) is 4.44. The first-order valence-corrected chi connectivity index (χ1v) is 10.7. The van der Waals surface area contributed by atoms with E-state index in [0.717, 1.165) is 29.4 Å². The lowest BCUT2D eigenvalue weighted by atomic mass is 10.1. The maximum atomic E-state index is 12.7. The van der Waals surface area contributed by atoms with Gasteiger partial charge in [0, 0.05) is 22.5 Å². The van der Waals surface area contributed by atoms with Gasteiger partial charge < -0.3 is 9.73 Å². The Morgan fingerprint density at radius 3 is 2.71 bits per heavy atom. The summed E-state index contributed by atoms with van der Waals surface area (Å²) in [6, 6.07) is 11.4. The fourth-order valence-electron chi connectivity index (χ4n) is 3.50. The van der Waals surface area contributed by atoms with Gasteiger partial charge in [-0.05, 0) is 50.2 Å². The largest absolute Gasteiger partial charge is 0.468 e. The van der Waals surface area contributed by atoms with Gasteiger partial charge in [-0.3, -0.25) is 9.69 Å². The standard InChI is InChI=1S/C21H22ClN3O2S/c22-16-8-6-15(7-9-16)21-24-17(14-28-21)20(26)23-13-18(19-5-4-12-27-19)25-10-2-1-3-11-25/h4-9,12,14,18H,1-3,10-11,13H2,(H,23,26). The molecule has 2 aromatic heterocycles. The predicted octanol–water partition coefficient (Wildman–Crippen LogP) is 5.01. The number of thiazole rings is 1. The third-order valence-corrected chi connectivity index (χ3v) is 6.13. The summed E-state index contributed by atoms with van der Waals surface area (Å²) < 4.78 is 5.64. The Morgan fingerprint density at radius 2 is 2.00 bits per heavy atom. The molecule has 0 saturated carbocycles. The Bertz CT molecular complexity index is 902. The van der Waals surface area contributed by atoms with E-state index in [2.05, 4.69) is 15.2 Å². The molecule has 0 radical (unpaired) electrons. The van der Waals surface area contributed by atoms with Gasteiger partial charge in [0.05, 0.1) is 12.3 Å². The van der Waals surface area contributed by atoms with Crippen molar-refractivity contribution in [2.45, 2.75) is 25.3 Å². The first-order valence-electron chi connectivity index (χ1n) is 9.48. The number of nitrogens with zero attached hydrogens (tertiary/aromatic N) is 2. The zero-order valence-electron chi connectivity index (χ0n) is 15.4. The average molecular weight is 416 g/mol. The molecule has 1 atom stereocenters. The maximum absolute atomic E-state index is 12.7. The molecule has 1 aliphatic rings. The highest BCUT2D eigenvalue weighted by Gasteiger charge is 2.25. The summed E-state index contributed by atoms with van der Waals surface area (Å²) in [5.74, 6) is 0.729. The van der Waals surface area contributed by atoms with Gasteiger partial charge in [0.25, 0.3) is 5.91 Å². The first-order chi connectivity index (χ1) is 13.7. The molecule has 5 nitrogen and oxygen atoms in total. The van der Waals surface area contributed by atoms with E-state index in [1.807, 2.05) is 36.4 Å². The van der Waals surface area contributed by atoms with E-state index in [0.29, 0.717) is 17.3 Å². The highest BCUT2D eigenvalue weighted by Crippen LogP contribution is 2.26. The van der Waals surface area contributed by atoms with E-state index in [9.17, 15) is 4.79 Å². The smallest absolute Gasteiger partial charge is 0.270 e. The number of halogens is 1. The van der Waals surface area contributed by atoms with Crippen LogP contribution in [-0.2, 0) is 0 Å². The van der Waals surface area contributed by atoms with E-state index in [1.54, 1.807) is 11.6 Å². The monoisotopic (exact) mass is 415 g/mol. The zero-order valence-corrected chi connectivity index (χ0v) is 17.0. The minimum atomic E-state index is -0.162. The summed E-state index contributed by atoms with van der Waals surface area (Å²) in [7, 11) is 0. The number of furan rings is 1. The Hall–Kier alpha value is -2.15. The van der Waals surface area contributed by atoms with Crippen molar-refractivity contribution >= 4 is 28.8 Å². The number of nitrogens with one attached hydrogen (secondary N) is 1. The van der Waals surface area contributed by atoms with Crippen LogP contribution in [0.25, 0.3) is 10.6 Å². The van der Waals surface area contributed by atoms with Gasteiger partial charge in [0.1, 0.15) is 16.5 Å². The van der Waals surface area contributed by atoms with Gasteiger partial charge in [-0.15, -0.1) is 11.3 Å². The van der Waals surface area contributed by atoms with Crippen molar-refractivity contribution in [3.8, 4) is 10.6 Å². The summed E-state index contributed by atoms with van der Waals surface area (Å²) in [5.41, 5.74) is 1.39. The molecule has 0 spiro atoms. The maximum Gasteiger partial charge on any atom is 0.270 e. The van der Waals surface area contributed by atoms with Crippen LogP contribution in [0.3, 0.4) is 0 Å². The molecule has 1 amide bonds. The first kappa shape index (κ1) is 19.2. The molecule has 28 heavy (non-hydrogen) atoms. The summed E-state index contributed by atoms with van der Waals surface area (Å²) in [4.78, 5) is 19.5. The second-order valence-corrected chi connectivity index (χ2v) is 8.18. The Kier molecular flexibility index (Phi) is 6.10. The van der Waals surface area contributed by atoms with Crippen LogP contribution in [0, 0.1) is 0 Å². The van der Waals surface area contributed by atoms with Crippen LogP contribution in [0.1, 0.15) is 41.6 Å². The van der Waals surface area contributed by atoms with Crippen LogP contribution in [0.2, 0.25) is 5.02 Å². The predicted molar refractivity (Wildman–Crippen MR) is 112 cm³/mol. The molecule has 146 valence electrons. The van der Waals surface area contributed by atoms with Crippen molar-refractivity contribution in [1.82, 2.24) is 15.2 Å². The molecule has 1 fully saturated rings. The molecule has 4 rings (SSSR count). The normalized spacial score (nSPS) is 16.0. The van der Waals surface area contributed by atoms with Gasteiger partial charge in [0.2, 0.25) is 0 Å². The summed E-state index contributed by atoms with van der Waals surface area (Å²) in [6.07, 6.45) is 5.32. The highest BCUT2D eigenvalue weighted by atomic mass is 35.5. The zero-order chi connectivity index (χ0) is 19.3. The number of amides is 1. The van der Waals surface area contributed by atoms with Crippen LogP contribution in [0.4, 0.5) is 0 Å². The second-order valence-electron chi connectivity index (χ2n) is 6.88. The molecule has 1 aromatic carbocycles. The SMILES string of the molecule is O=C(NCC(c1ccco1)N1CCCCC1)c1csc(-c2ccc(Cl)cc2)n1. The van der Waals surface area contributed by atoms with Gasteiger partial charge >= 0.3 is 0 Å². The van der Waals surface area contributed by atoms with Crippen LogP contribution >= 0.6 is 22.9 Å². The van der Waals surface area contributed by atoms with Crippen molar-refractivity contribution in [3.63, 3.8) is 0 Å². The van der Waals surface area contributed by atoms with E-state index in [1.165, 1.54) is 30.6 Å². The van der Waals surface area contributed by atoms with Crippen LogP contribution in [-0.4, -0.2) is 35.4 Å². The number of piperidine rings is 1. The molecule has 3 aromatic rings. The van der Waals surface area contributed by atoms with Crippen molar-refractivity contribution in [2.24, 2.45) is 0 Å². The topological polar surface area (TPSA) is 58.4 Å². The molecule has 1 aliphatic heterocycles. The van der Waals surface area contributed by atoms with Gasteiger partial charge in [-0.1, -0.05) is 30.2 Å². The van der Waals surface area contributed by atoms with Crippen molar-refractivity contribution in [1.29, 1.82) is 0 Å². The minimum Gasteiger partial charge on any atom is -0.468 e. The third kappa shape index (κ3) is 4.46.